The van der Waals surface area contributed by atoms with E-state index in [4.69, 9.17) is 0 Å². The van der Waals surface area contributed by atoms with Gasteiger partial charge in [0.2, 0.25) is 10.0 Å². The van der Waals surface area contributed by atoms with Gasteiger partial charge in [0.25, 0.3) is 0 Å². The molecular formula is C9H11BrN2O2S. The minimum atomic E-state index is -3.09. The molecular weight excluding hydrogens is 280 g/mol. The second kappa shape index (κ2) is 4.19. The molecule has 1 aromatic heterocycles. The molecule has 15 heavy (non-hydrogen) atoms. The van der Waals surface area contributed by atoms with E-state index in [2.05, 4.69) is 25.6 Å². The first-order valence-electron chi connectivity index (χ1n) is 4.66. The molecule has 1 fully saturated rings. The Morgan fingerprint density at radius 3 is 2.80 bits per heavy atom. The summed E-state index contributed by atoms with van der Waals surface area (Å²) >= 11 is 3.28. The highest BCUT2D eigenvalue weighted by atomic mass is 79.9. The summed E-state index contributed by atoms with van der Waals surface area (Å²) in [6.45, 7) is 0.311. The number of sulfonamides is 1. The molecule has 0 saturated heterocycles. The number of nitrogens with one attached hydrogen (secondary N) is 1. The van der Waals surface area contributed by atoms with Gasteiger partial charge < -0.3 is 0 Å². The van der Waals surface area contributed by atoms with Crippen molar-refractivity contribution in [3.05, 3.63) is 28.5 Å². The molecule has 0 bridgehead atoms. The van der Waals surface area contributed by atoms with E-state index in [9.17, 15) is 8.42 Å². The number of pyridine rings is 1. The lowest BCUT2D eigenvalue weighted by atomic mass is 10.3. The normalized spacial score (nSPS) is 16.6. The highest BCUT2D eigenvalue weighted by molar-refractivity contribution is 9.10. The maximum atomic E-state index is 11.5. The third-order valence-corrected chi connectivity index (χ3v) is 4.53. The number of nitrogens with zero attached hydrogens (tertiary/aromatic N) is 1. The molecule has 2 rings (SSSR count). The standard InChI is InChI=1S/C9H11BrN2O2S/c10-8-3-7(4-11-6-8)5-12-15(13,14)9-1-2-9/h3-4,6,9,12H,1-2,5H2. The monoisotopic (exact) mass is 290 g/mol. The van der Waals surface area contributed by atoms with Crippen molar-refractivity contribution in [2.24, 2.45) is 0 Å². The molecule has 0 radical (unpaired) electrons. The van der Waals surface area contributed by atoms with Gasteiger partial charge in [0.15, 0.2) is 0 Å². The molecule has 4 nitrogen and oxygen atoms in total. The molecule has 0 aromatic carbocycles. The van der Waals surface area contributed by atoms with Crippen molar-refractivity contribution < 1.29 is 8.42 Å². The van der Waals surface area contributed by atoms with Gasteiger partial charge in [0.05, 0.1) is 5.25 Å². The largest absolute Gasteiger partial charge is 0.263 e. The summed E-state index contributed by atoms with van der Waals surface area (Å²) in [5, 5.41) is -0.169. The maximum absolute atomic E-state index is 11.5. The van der Waals surface area contributed by atoms with E-state index < -0.39 is 10.0 Å². The Labute approximate surface area is 97.3 Å². The Balaban J connectivity index is 1.98. The Morgan fingerprint density at radius 1 is 1.47 bits per heavy atom. The smallest absolute Gasteiger partial charge is 0.214 e. The van der Waals surface area contributed by atoms with Crippen molar-refractivity contribution in [1.82, 2.24) is 9.71 Å². The van der Waals surface area contributed by atoms with E-state index in [1.807, 2.05) is 6.07 Å². The van der Waals surface area contributed by atoms with Crippen LogP contribution in [0.4, 0.5) is 0 Å². The first-order chi connectivity index (χ1) is 7.08. The third-order valence-electron chi connectivity index (χ3n) is 2.20. The molecule has 0 atom stereocenters. The summed E-state index contributed by atoms with van der Waals surface area (Å²) in [7, 11) is -3.09. The molecule has 1 aliphatic carbocycles. The number of aromatic nitrogens is 1. The van der Waals surface area contributed by atoms with E-state index in [0.29, 0.717) is 6.54 Å². The van der Waals surface area contributed by atoms with Gasteiger partial charge in [0.1, 0.15) is 0 Å². The van der Waals surface area contributed by atoms with Crippen molar-refractivity contribution >= 4 is 26.0 Å². The SMILES string of the molecule is O=S(=O)(NCc1cncc(Br)c1)C1CC1. The van der Waals surface area contributed by atoms with Crippen LogP contribution >= 0.6 is 15.9 Å². The first kappa shape index (κ1) is 11.0. The van der Waals surface area contributed by atoms with Crippen LogP contribution in [-0.2, 0) is 16.6 Å². The molecule has 1 aliphatic rings. The second-order valence-electron chi connectivity index (χ2n) is 3.58. The van der Waals surface area contributed by atoms with Crippen LogP contribution in [0.25, 0.3) is 0 Å². The number of rotatable bonds is 4. The molecule has 1 aromatic rings. The average Bonchev–Trinajstić information content (AvgIpc) is 2.98. The van der Waals surface area contributed by atoms with Crippen LogP contribution < -0.4 is 4.72 Å². The third kappa shape index (κ3) is 2.99. The number of halogens is 1. The average molecular weight is 291 g/mol. The van der Waals surface area contributed by atoms with Crippen LogP contribution in [0.5, 0.6) is 0 Å². The van der Waals surface area contributed by atoms with Gasteiger partial charge in [-0.1, -0.05) is 0 Å². The number of hydrogen-bond donors (Lipinski definition) is 1. The van der Waals surface area contributed by atoms with E-state index >= 15 is 0 Å². The molecule has 0 unspecified atom stereocenters. The zero-order chi connectivity index (χ0) is 10.9. The van der Waals surface area contributed by atoms with Crippen LogP contribution in [0, 0.1) is 0 Å². The fourth-order valence-electron chi connectivity index (χ4n) is 1.23. The molecule has 0 spiro atoms. The Kier molecular flexibility index (Phi) is 3.08. The number of hydrogen-bond acceptors (Lipinski definition) is 3. The van der Waals surface area contributed by atoms with E-state index in [1.165, 1.54) is 0 Å². The summed E-state index contributed by atoms with van der Waals surface area (Å²) in [5.41, 5.74) is 0.855. The Bertz CT molecular complexity index is 457. The fraction of sp³-hybridized carbons (Fsp3) is 0.444. The van der Waals surface area contributed by atoms with E-state index in [-0.39, 0.29) is 5.25 Å². The lowest BCUT2D eigenvalue weighted by molar-refractivity contribution is 0.580. The van der Waals surface area contributed by atoms with Crippen molar-refractivity contribution in [3.63, 3.8) is 0 Å². The molecule has 1 heterocycles. The van der Waals surface area contributed by atoms with E-state index in [0.717, 1.165) is 22.9 Å². The highest BCUT2D eigenvalue weighted by Gasteiger charge is 2.35. The topological polar surface area (TPSA) is 59.1 Å². The molecule has 0 amide bonds. The van der Waals surface area contributed by atoms with Gasteiger partial charge in [-0.15, -0.1) is 0 Å². The van der Waals surface area contributed by atoms with Gasteiger partial charge in [-0.05, 0) is 40.4 Å². The summed E-state index contributed by atoms with van der Waals surface area (Å²) in [6, 6.07) is 1.85. The van der Waals surface area contributed by atoms with Crippen LogP contribution in [0.1, 0.15) is 18.4 Å². The van der Waals surface area contributed by atoms with Gasteiger partial charge in [-0.3, -0.25) is 4.98 Å². The van der Waals surface area contributed by atoms with Crippen molar-refractivity contribution in [2.75, 3.05) is 0 Å². The van der Waals surface area contributed by atoms with Gasteiger partial charge in [-0.25, -0.2) is 13.1 Å². The lowest BCUT2D eigenvalue weighted by Crippen LogP contribution is -2.26. The van der Waals surface area contributed by atoms with Crippen LogP contribution in [0.15, 0.2) is 22.9 Å². The van der Waals surface area contributed by atoms with Gasteiger partial charge in [0, 0.05) is 23.4 Å². The van der Waals surface area contributed by atoms with Crippen LogP contribution in [0.3, 0.4) is 0 Å². The minimum absolute atomic E-state index is 0.169. The Hall–Kier alpha value is -0.460. The van der Waals surface area contributed by atoms with Crippen molar-refractivity contribution in [3.8, 4) is 0 Å². The summed E-state index contributed by atoms with van der Waals surface area (Å²) in [4.78, 5) is 3.96. The van der Waals surface area contributed by atoms with E-state index in [1.54, 1.807) is 12.4 Å². The predicted molar refractivity (Wildman–Crippen MR) is 60.7 cm³/mol. The Morgan fingerprint density at radius 2 is 2.20 bits per heavy atom. The second-order valence-corrected chi connectivity index (χ2v) is 6.54. The van der Waals surface area contributed by atoms with Crippen molar-refractivity contribution in [2.45, 2.75) is 24.6 Å². The summed E-state index contributed by atoms with van der Waals surface area (Å²) < 4.78 is 26.4. The first-order valence-corrected chi connectivity index (χ1v) is 7.00. The minimum Gasteiger partial charge on any atom is -0.263 e. The summed E-state index contributed by atoms with van der Waals surface area (Å²) in [5.74, 6) is 0. The van der Waals surface area contributed by atoms with Crippen molar-refractivity contribution in [1.29, 1.82) is 0 Å². The fourth-order valence-corrected chi connectivity index (χ4v) is 3.01. The lowest BCUT2D eigenvalue weighted by Gasteiger charge is -2.05. The zero-order valence-electron chi connectivity index (χ0n) is 7.98. The maximum Gasteiger partial charge on any atom is 0.214 e. The molecule has 82 valence electrons. The van der Waals surface area contributed by atoms with Crippen LogP contribution in [-0.4, -0.2) is 18.7 Å². The van der Waals surface area contributed by atoms with Crippen LogP contribution in [0.2, 0.25) is 0 Å². The summed E-state index contributed by atoms with van der Waals surface area (Å²) in [6.07, 6.45) is 4.89. The molecule has 6 heteroatoms. The molecule has 1 N–H and O–H groups in total. The quantitative estimate of drug-likeness (QED) is 0.913. The predicted octanol–water partition coefficient (Wildman–Crippen LogP) is 1.43. The molecule has 1 saturated carbocycles. The highest BCUT2D eigenvalue weighted by Crippen LogP contribution is 2.27. The van der Waals surface area contributed by atoms with Gasteiger partial charge in [-0.2, -0.15) is 0 Å². The zero-order valence-corrected chi connectivity index (χ0v) is 10.4. The van der Waals surface area contributed by atoms with Gasteiger partial charge >= 0.3 is 0 Å². The molecule has 0 aliphatic heterocycles.